The molecule has 0 aromatic rings. The van der Waals surface area contributed by atoms with Gasteiger partial charge in [0.15, 0.2) is 0 Å². The second kappa shape index (κ2) is 2.46. The lowest BCUT2D eigenvalue weighted by molar-refractivity contribution is 0.672. The van der Waals surface area contributed by atoms with E-state index in [1.807, 2.05) is 0 Å². The van der Waals surface area contributed by atoms with Gasteiger partial charge in [-0.3, -0.25) is 8.99 Å². The zero-order valence-corrected chi connectivity index (χ0v) is 5.99. The summed E-state index contributed by atoms with van der Waals surface area (Å²) in [5.74, 6) is 0.299. The van der Waals surface area contributed by atoms with Crippen molar-refractivity contribution >= 4 is 9.73 Å². The maximum atomic E-state index is 10.6. The fourth-order valence-electron chi connectivity index (χ4n) is 0.502. The van der Waals surface area contributed by atoms with Gasteiger partial charge in [-0.2, -0.15) is 0 Å². The molecule has 0 heterocycles. The molecule has 0 rings (SSSR count). The first-order valence-corrected chi connectivity index (χ1v) is 4.52. The minimum absolute atomic E-state index is 0.120. The maximum Gasteiger partial charge on any atom is 0.0461 e. The first-order valence-electron chi connectivity index (χ1n) is 2.39. The standard InChI is InChI=1S/C4H12N2OS/c1-4(5)3-8(2,6)7/h4,6H,3,5H2,1-2H3. The summed E-state index contributed by atoms with van der Waals surface area (Å²) >= 11 is 0. The van der Waals surface area contributed by atoms with E-state index in [-0.39, 0.29) is 6.04 Å². The molecule has 2 unspecified atom stereocenters. The molecule has 4 heteroatoms. The Morgan fingerprint density at radius 1 is 1.88 bits per heavy atom. The molecule has 0 aliphatic carbocycles. The molecule has 0 fully saturated rings. The van der Waals surface area contributed by atoms with E-state index >= 15 is 0 Å². The second-order valence-electron chi connectivity index (χ2n) is 2.15. The Kier molecular flexibility index (Phi) is 2.43. The Morgan fingerprint density at radius 3 is 2.25 bits per heavy atom. The average Bonchev–Trinajstić information content (AvgIpc) is 1.21. The van der Waals surface area contributed by atoms with Gasteiger partial charge in [-0.1, -0.05) is 0 Å². The Labute approximate surface area is 50.2 Å². The van der Waals surface area contributed by atoms with Crippen LogP contribution in [0.1, 0.15) is 6.92 Å². The van der Waals surface area contributed by atoms with E-state index in [0.717, 1.165) is 0 Å². The summed E-state index contributed by atoms with van der Waals surface area (Å²) in [5, 5.41) is 0. The van der Waals surface area contributed by atoms with Crippen LogP contribution in [0, 0.1) is 4.78 Å². The van der Waals surface area contributed by atoms with Gasteiger partial charge < -0.3 is 5.73 Å². The highest BCUT2D eigenvalue weighted by atomic mass is 32.2. The van der Waals surface area contributed by atoms with Gasteiger partial charge in [0.2, 0.25) is 0 Å². The van der Waals surface area contributed by atoms with Crippen LogP contribution in [0.25, 0.3) is 0 Å². The van der Waals surface area contributed by atoms with E-state index in [0.29, 0.717) is 5.75 Å². The van der Waals surface area contributed by atoms with Crippen LogP contribution in [0.15, 0.2) is 0 Å². The molecule has 0 aromatic carbocycles. The average molecular weight is 136 g/mol. The van der Waals surface area contributed by atoms with Gasteiger partial charge in [-0.25, -0.2) is 0 Å². The monoisotopic (exact) mass is 136 g/mol. The van der Waals surface area contributed by atoms with Crippen molar-refractivity contribution in [3.8, 4) is 0 Å². The van der Waals surface area contributed by atoms with Crippen molar-refractivity contribution in [3.05, 3.63) is 0 Å². The number of hydrogen-bond donors (Lipinski definition) is 2. The minimum atomic E-state index is -2.35. The molecule has 0 aliphatic rings. The zero-order chi connectivity index (χ0) is 6.78. The van der Waals surface area contributed by atoms with Crippen LogP contribution in [-0.4, -0.2) is 22.3 Å². The van der Waals surface area contributed by atoms with Gasteiger partial charge >= 0.3 is 0 Å². The highest BCUT2D eigenvalue weighted by Crippen LogP contribution is 1.86. The Hall–Kier alpha value is -0.0900. The largest absolute Gasteiger partial charge is 0.327 e. The fraction of sp³-hybridized carbons (Fsp3) is 1.00. The first-order chi connectivity index (χ1) is 3.42. The van der Waals surface area contributed by atoms with Crippen molar-refractivity contribution < 1.29 is 4.21 Å². The van der Waals surface area contributed by atoms with E-state index in [2.05, 4.69) is 0 Å². The molecule has 0 spiro atoms. The Morgan fingerprint density at radius 2 is 2.25 bits per heavy atom. The highest BCUT2D eigenvalue weighted by Gasteiger charge is 2.00. The van der Waals surface area contributed by atoms with Crippen molar-refractivity contribution in [2.45, 2.75) is 13.0 Å². The number of nitrogens with two attached hydrogens (primary N) is 1. The molecule has 8 heavy (non-hydrogen) atoms. The summed E-state index contributed by atoms with van der Waals surface area (Å²) in [6, 6.07) is -0.120. The smallest absolute Gasteiger partial charge is 0.0461 e. The predicted octanol–water partition coefficient (Wildman–Crippen LogP) is 0.0102. The molecular formula is C4H12N2OS. The highest BCUT2D eigenvalue weighted by molar-refractivity contribution is 7.91. The van der Waals surface area contributed by atoms with Crippen molar-refractivity contribution in [2.75, 3.05) is 12.0 Å². The summed E-state index contributed by atoms with van der Waals surface area (Å²) in [7, 11) is -2.35. The zero-order valence-electron chi connectivity index (χ0n) is 5.18. The quantitative estimate of drug-likeness (QED) is 0.561. The van der Waals surface area contributed by atoms with Crippen LogP contribution in [0.5, 0.6) is 0 Å². The lowest BCUT2D eigenvalue weighted by Gasteiger charge is -2.02. The molecule has 0 saturated heterocycles. The SMILES string of the molecule is CC(N)CS(C)(=N)=O. The Balaban J connectivity index is 3.75. The molecular weight excluding hydrogens is 124 g/mol. The minimum Gasteiger partial charge on any atom is -0.327 e. The second-order valence-corrected chi connectivity index (χ2v) is 4.49. The van der Waals surface area contributed by atoms with Crippen LogP contribution in [0.4, 0.5) is 0 Å². The van der Waals surface area contributed by atoms with Crippen molar-refractivity contribution in [2.24, 2.45) is 5.73 Å². The van der Waals surface area contributed by atoms with Gasteiger partial charge in [-0.05, 0) is 6.92 Å². The third-order valence-electron chi connectivity index (χ3n) is 0.581. The van der Waals surface area contributed by atoms with Gasteiger partial charge in [0.25, 0.3) is 0 Å². The Bertz CT molecular complexity index is 147. The van der Waals surface area contributed by atoms with Crippen LogP contribution in [0.3, 0.4) is 0 Å². The third-order valence-corrected chi connectivity index (χ3v) is 1.74. The van der Waals surface area contributed by atoms with Gasteiger partial charge in [0.05, 0.1) is 0 Å². The van der Waals surface area contributed by atoms with Crippen molar-refractivity contribution in [1.29, 1.82) is 4.78 Å². The maximum absolute atomic E-state index is 10.6. The molecule has 0 radical (unpaired) electrons. The van der Waals surface area contributed by atoms with E-state index < -0.39 is 9.73 Å². The molecule has 0 bridgehead atoms. The molecule has 3 nitrogen and oxygen atoms in total. The normalized spacial score (nSPS) is 21.9. The first kappa shape index (κ1) is 7.91. The van der Waals surface area contributed by atoms with Crippen LogP contribution >= 0.6 is 0 Å². The number of nitrogens with one attached hydrogen (secondary N) is 1. The van der Waals surface area contributed by atoms with Crippen molar-refractivity contribution in [1.82, 2.24) is 0 Å². The van der Waals surface area contributed by atoms with Crippen molar-refractivity contribution in [3.63, 3.8) is 0 Å². The van der Waals surface area contributed by atoms with E-state index in [1.165, 1.54) is 6.26 Å². The molecule has 0 amide bonds. The summed E-state index contributed by atoms with van der Waals surface area (Å²) < 4.78 is 17.5. The lowest BCUT2D eigenvalue weighted by atomic mass is 10.4. The fourth-order valence-corrected chi connectivity index (χ4v) is 1.50. The van der Waals surface area contributed by atoms with Crippen LogP contribution in [-0.2, 0) is 9.73 Å². The van der Waals surface area contributed by atoms with Gasteiger partial charge in [0.1, 0.15) is 0 Å². The number of hydrogen-bond acceptors (Lipinski definition) is 3. The summed E-state index contributed by atoms with van der Waals surface area (Å²) in [4.78, 5) is 0. The van der Waals surface area contributed by atoms with E-state index in [9.17, 15) is 4.21 Å². The topological polar surface area (TPSA) is 66.9 Å². The molecule has 0 aliphatic heterocycles. The predicted molar refractivity (Wildman–Crippen MR) is 35.3 cm³/mol. The van der Waals surface area contributed by atoms with Crippen LogP contribution < -0.4 is 5.73 Å². The summed E-state index contributed by atoms with van der Waals surface area (Å²) in [6.45, 7) is 1.75. The summed E-state index contributed by atoms with van der Waals surface area (Å²) in [5.41, 5.74) is 5.28. The number of rotatable bonds is 2. The molecule has 0 aromatic heterocycles. The van der Waals surface area contributed by atoms with Gasteiger partial charge in [0, 0.05) is 27.8 Å². The molecule has 0 saturated carbocycles. The molecule has 3 N–H and O–H groups in total. The lowest BCUT2D eigenvalue weighted by Crippen LogP contribution is -2.24. The van der Waals surface area contributed by atoms with Crippen LogP contribution in [0.2, 0.25) is 0 Å². The van der Waals surface area contributed by atoms with E-state index in [4.69, 9.17) is 10.5 Å². The van der Waals surface area contributed by atoms with E-state index in [1.54, 1.807) is 6.92 Å². The summed E-state index contributed by atoms with van der Waals surface area (Å²) in [6.07, 6.45) is 1.40. The molecule has 2 atom stereocenters. The molecule has 50 valence electrons. The van der Waals surface area contributed by atoms with Gasteiger partial charge in [-0.15, -0.1) is 0 Å². The third kappa shape index (κ3) is 5.91.